The summed E-state index contributed by atoms with van der Waals surface area (Å²) in [5.74, 6) is 1.57. The Morgan fingerprint density at radius 2 is 1.65 bits per heavy atom. The van der Waals surface area contributed by atoms with Gasteiger partial charge in [0.25, 0.3) is 0 Å². The first-order chi connectivity index (χ1) is 15.1. The van der Waals surface area contributed by atoms with Gasteiger partial charge in [0.1, 0.15) is 12.4 Å². The molecule has 2 aromatic carbocycles. The molecule has 0 aliphatic carbocycles. The van der Waals surface area contributed by atoms with E-state index in [-0.39, 0.29) is 11.6 Å². The van der Waals surface area contributed by atoms with Gasteiger partial charge in [-0.25, -0.2) is 4.39 Å². The summed E-state index contributed by atoms with van der Waals surface area (Å²) < 4.78 is 29.7. The number of Topliss-reactive ketones (excluding diaryl/α,β-unsaturated/α-hetero) is 1. The number of carbonyl (C=O) groups excluding carboxylic acids is 1. The topological polar surface area (TPSA) is 51.2 Å². The molecular weight excluding hydrogens is 399 g/mol. The largest absolute Gasteiger partial charge is 0.493 e. The van der Waals surface area contributed by atoms with Crippen LogP contribution in [0.2, 0.25) is 0 Å². The SMILES string of the molecule is COc1ccc(CCC(=O)CN2CCN(CCOc3ccccc3F)CC2)cc1OC. The summed E-state index contributed by atoms with van der Waals surface area (Å²) in [6, 6.07) is 12.2. The predicted molar refractivity (Wildman–Crippen MR) is 118 cm³/mol. The Labute approximate surface area is 183 Å². The monoisotopic (exact) mass is 430 g/mol. The van der Waals surface area contributed by atoms with Crippen molar-refractivity contribution in [2.45, 2.75) is 12.8 Å². The molecule has 7 heteroatoms. The van der Waals surface area contributed by atoms with Crippen molar-refractivity contribution in [3.63, 3.8) is 0 Å². The van der Waals surface area contributed by atoms with Gasteiger partial charge < -0.3 is 14.2 Å². The Bertz CT molecular complexity index is 853. The number of ether oxygens (including phenoxy) is 3. The van der Waals surface area contributed by atoms with Gasteiger partial charge in [0, 0.05) is 39.1 Å². The number of hydrogen-bond donors (Lipinski definition) is 0. The van der Waals surface area contributed by atoms with E-state index in [1.54, 1.807) is 32.4 Å². The average Bonchev–Trinajstić information content (AvgIpc) is 2.80. The Hall–Kier alpha value is -2.64. The molecule has 0 spiro atoms. The fourth-order valence-corrected chi connectivity index (χ4v) is 3.67. The van der Waals surface area contributed by atoms with E-state index in [1.807, 2.05) is 18.2 Å². The molecule has 6 nitrogen and oxygen atoms in total. The number of benzene rings is 2. The molecule has 0 saturated carbocycles. The molecule has 1 fully saturated rings. The first kappa shape index (κ1) is 23.0. The van der Waals surface area contributed by atoms with Gasteiger partial charge in [0.15, 0.2) is 23.1 Å². The van der Waals surface area contributed by atoms with E-state index in [4.69, 9.17) is 14.2 Å². The summed E-state index contributed by atoms with van der Waals surface area (Å²) in [4.78, 5) is 16.9. The van der Waals surface area contributed by atoms with Gasteiger partial charge in [-0.05, 0) is 36.2 Å². The number of rotatable bonds is 11. The minimum atomic E-state index is -0.334. The normalized spacial score (nSPS) is 14.9. The van der Waals surface area contributed by atoms with E-state index < -0.39 is 0 Å². The van der Waals surface area contributed by atoms with Crippen molar-refractivity contribution in [2.75, 3.05) is 60.1 Å². The lowest BCUT2D eigenvalue weighted by Gasteiger charge is -2.34. The van der Waals surface area contributed by atoms with Crippen LogP contribution in [0.1, 0.15) is 12.0 Å². The molecule has 0 aromatic heterocycles. The fourth-order valence-electron chi connectivity index (χ4n) is 3.67. The molecule has 2 aromatic rings. The molecule has 0 amide bonds. The van der Waals surface area contributed by atoms with Crippen LogP contribution in [0.25, 0.3) is 0 Å². The van der Waals surface area contributed by atoms with Crippen LogP contribution < -0.4 is 14.2 Å². The van der Waals surface area contributed by atoms with E-state index in [9.17, 15) is 9.18 Å². The zero-order valence-electron chi connectivity index (χ0n) is 18.3. The van der Waals surface area contributed by atoms with Crippen LogP contribution in [-0.4, -0.2) is 75.7 Å². The second-order valence-corrected chi connectivity index (χ2v) is 7.62. The van der Waals surface area contributed by atoms with Crippen molar-refractivity contribution in [3.8, 4) is 17.2 Å². The number of nitrogens with zero attached hydrogens (tertiary/aromatic N) is 2. The molecule has 1 heterocycles. The molecule has 0 N–H and O–H groups in total. The molecule has 0 unspecified atom stereocenters. The Balaban J connectivity index is 1.34. The fraction of sp³-hybridized carbons (Fsp3) is 0.458. The van der Waals surface area contributed by atoms with Crippen molar-refractivity contribution in [1.82, 2.24) is 9.80 Å². The second kappa shape index (κ2) is 11.7. The van der Waals surface area contributed by atoms with E-state index in [0.717, 1.165) is 38.3 Å². The van der Waals surface area contributed by atoms with E-state index in [2.05, 4.69) is 9.80 Å². The van der Waals surface area contributed by atoms with Gasteiger partial charge in [-0.1, -0.05) is 18.2 Å². The van der Waals surface area contributed by atoms with Gasteiger partial charge in [-0.15, -0.1) is 0 Å². The van der Waals surface area contributed by atoms with Gasteiger partial charge >= 0.3 is 0 Å². The number of carbonyl (C=O) groups is 1. The molecule has 0 radical (unpaired) electrons. The molecule has 1 aliphatic rings. The quantitative estimate of drug-likeness (QED) is 0.546. The van der Waals surface area contributed by atoms with Crippen LogP contribution in [0.15, 0.2) is 42.5 Å². The molecule has 168 valence electrons. The van der Waals surface area contributed by atoms with Gasteiger partial charge in [-0.2, -0.15) is 0 Å². The van der Waals surface area contributed by atoms with Crippen LogP contribution in [0, 0.1) is 5.82 Å². The maximum atomic E-state index is 13.6. The molecule has 1 aliphatic heterocycles. The number of halogens is 1. The van der Waals surface area contributed by atoms with E-state index >= 15 is 0 Å². The maximum Gasteiger partial charge on any atom is 0.165 e. The van der Waals surface area contributed by atoms with Crippen LogP contribution in [0.5, 0.6) is 17.2 Å². The Morgan fingerprint density at radius 1 is 0.935 bits per heavy atom. The van der Waals surface area contributed by atoms with Gasteiger partial charge in [-0.3, -0.25) is 14.6 Å². The third kappa shape index (κ3) is 6.94. The highest BCUT2D eigenvalue weighted by molar-refractivity contribution is 5.80. The molecule has 0 atom stereocenters. The third-order valence-corrected chi connectivity index (χ3v) is 5.51. The molecule has 1 saturated heterocycles. The number of methoxy groups -OCH3 is 2. The first-order valence-electron chi connectivity index (χ1n) is 10.6. The lowest BCUT2D eigenvalue weighted by molar-refractivity contribution is -0.120. The number of aryl methyl sites for hydroxylation is 1. The molecular formula is C24H31FN2O4. The minimum Gasteiger partial charge on any atom is -0.493 e. The summed E-state index contributed by atoms with van der Waals surface area (Å²) in [5, 5.41) is 0. The zero-order chi connectivity index (χ0) is 22.1. The highest BCUT2D eigenvalue weighted by Gasteiger charge is 2.19. The molecule has 0 bridgehead atoms. The average molecular weight is 431 g/mol. The van der Waals surface area contributed by atoms with E-state index in [1.165, 1.54) is 6.07 Å². The number of para-hydroxylation sites is 1. The van der Waals surface area contributed by atoms with Gasteiger partial charge in [0.2, 0.25) is 0 Å². The Kier molecular flexibility index (Phi) is 8.67. The van der Waals surface area contributed by atoms with Crippen molar-refractivity contribution in [3.05, 3.63) is 53.8 Å². The van der Waals surface area contributed by atoms with Crippen molar-refractivity contribution in [1.29, 1.82) is 0 Å². The second-order valence-electron chi connectivity index (χ2n) is 7.62. The van der Waals surface area contributed by atoms with Crippen LogP contribution >= 0.6 is 0 Å². The standard InChI is InChI=1S/C24H31FN2O4/c1-29-23-10-8-19(17-24(23)30-2)7-9-20(28)18-27-13-11-26(12-14-27)15-16-31-22-6-4-3-5-21(22)25/h3-6,8,10,17H,7,9,11-16,18H2,1-2H3. The summed E-state index contributed by atoms with van der Waals surface area (Å²) >= 11 is 0. The van der Waals surface area contributed by atoms with Gasteiger partial charge in [0.05, 0.1) is 20.8 Å². The number of piperazine rings is 1. The third-order valence-electron chi connectivity index (χ3n) is 5.51. The highest BCUT2D eigenvalue weighted by atomic mass is 19.1. The summed E-state index contributed by atoms with van der Waals surface area (Å²) in [6.45, 7) is 5.13. The van der Waals surface area contributed by atoms with E-state index in [0.29, 0.717) is 43.2 Å². The minimum absolute atomic E-state index is 0.242. The first-order valence-corrected chi connectivity index (χ1v) is 10.6. The summed E-state index contributed by atoms with van der Waals surface area (Å²) in [5.41, 5.74) is 1.06. The molecule has 31 heavy (non-hydrogen) atoms. The lowest BCUT2D eigenvalue weighted by Crippen LogP contribution is -2.48. The van der Waals surface area contributed by atoms with Crippen LogP contribution in [0.4, 0.5) is 4.39 Å². The Morgan fingerprint density at radius 3 is 2.35 bits per heavy atom. The summed E-state index contributed by atoms with van der Waals surface area (Å²) in [7, 11) is 3.22. The smallest absolute Gasteiger partial charge is 0.165 e. The van der Waals surface area contributed by atoms with Crippen LogP contribution in [-0.2, 0) is 11.2 Å². The van der Waals surface area contributed by atoms with Crippen molar-refractivity contribution >= 4 is 5.78 Å². The predicted octanol–water partition coefficient (Wildman–Crippen LogP) is 3.04. The highest BCUT2D eigenvalue weighted by Crippen LogP contribution is 2.28. The van der Waals surface area contributed by atoms with Crippen molar-refractivity contribution in [2.24, 2.45) is 0 Å². The zero-order valence-corrected chi connectivity index (χ0v) is 18.3. The lowest BCUT2D eigenvalue weighted by atomic mass is 10.1. The molecule has 3 rings (SSSR count). The number of ketones is 1. The summed E-state index contributed by atoms with van der Waals surface area (Å²) in [6.07, 6.45) is 1.19. The maximum absolute atomic E-state index is 13.6. The number of hydrogen-bond acceptors (Lipinski definition) is 6. The van der Waals surface area contributed by atoms with Crippen molar-refractivity contribution < 1.29 is 23.4 Å². The van der Waals surface area contributed by atoms with Crippen LogP contribution in [0.3, 0.4) is 0 Å².